The topological polar surface area (TPSA) is 56.3 Å². The van der Waals surface area contributed by atoms with E-state index in [-0.39, 0.29) is 6.04 Å². The number of hydrogen-bond donors (Lipinski definition) is 2. The zero-order valence-corrected chi connectivity index (χ0v) is 12.7. The molecule has 6 nitrogen and oxygen atoms in total. The standard InChI is InChI=1S/C16H20N6/c1-21-15(12-4-3-7-18-16(12)20-21)13-5-2-6-14(19-13)22-10-8-17-9-11-22/h2-7,15,17H,8-11H2,1H3,(H,18,20). The van der Waals surface area contributed by atoms with E-state index in [0.717, 1.165) is 43.5 Å². The van der Waals surface area contributed by atoms with Crippen LogP contribution in [-0.2, 0) is 0 Å². The van der Waals surface area contributed by atoms with Gasteiger partial charge in [0.1, 0.15) is 11.6 Å². The van der Waals surface area contributed by atoms with Crippen LogP contribution in [0, 0.1) is 0 Å². The van der Waals surface area contributed by atoms with E-state index < -0.39 is 0 Å². The minimum Gasteiger partial charge on any atom is -0.354 e. The van der Waals surface area contributed by atoms with Gasteiger partial charge in [0, 0.05) is 45.0 Å². The molecule has 2 aromatic heterocycles. The minimum absolute atomic E-state index is 0.103. The highest BCUT2D eigenvalue weighted by Gasteiger charge is 2.30. The molecule has 0 saturated carbocycles. The molecule has 1 unspecified atom stereocenters. The molecule has 2 N–H and O–H groups in total. The first-order valence-corrected chi connectivity index (χ1v) is 7.70. The molecule has 0 radical (unpaired) electrons. The Labute approximate surface area is 130 Å². The van der Waals surface area contributed by atoms with Crippen molar-refractivity contribution in [2.24, 2.45) is 0 Å². The number of nitrogens with zero attached hydrogens (tertiary/aromatic N) is 4. The third-order valence-corrected chi connectivity index (χ3v) is 4.28. The molecule has 0 aliphatic carbocycles. The molecular weight excluding hydrogens is 276 g/mol. The van der Waals surface area contributed by atoms with Crippen LogP contribution in [0.25, 0.3) is 0 Å². The van der Waals surface area contributed by atoms with Gasteiger partial charge in [0.25, 0.3) is 0 Å². The molecule has 1 atom stereocenters. The van der Waals surface area contributed by atoms with Crippen molar-refractivity contribution in [2.75, 3.05) is 43.6 Å². The number of anilines is 2. The lowest BCUT2D eigenvalue weighted by atomic mass is 10.1. The molecule has 1 fully saturated rings. The monoisotopic (exact) mass is 296 g/mol. The normalized spacial score (nSPS) is 21.5. The molecule has 22 heavy (non-hydrogen) atoms. The number of aromatic nitrogens is 2. The first kappa shape index (κ1) is 13.5. The third-order valence-electron chi connectivity index (χ3n) is 4.28. The first-order valence-electron chi connectivity index (χ1n) is 7.70. The van der Waals surface area contributed by atoms with Crippen LogP contribution in [0.1, 0.15) is 17.3 Å². The summed E-state index contributed by atoms with van der Waals surface area (Å²) in [6.07, 6.45) is 1.81. The second kappa shape index (κ2) is 5.55. The predicted molar refractivity (Wildman–Crippen MR) is 86.8 cm³/mol. The molecule has 4 rings (SSSR count). The molecule has 0 aromatic carbocycles. The highest BCUT2D eigenvalue weighted by Crippen LogP contribution is 2.36. The summed E-state index contributed by atoms with van der Waals surface area (Å²) in [7, 11) is 2.03. The van der Waals surface area contributed by atoms with Crippen molar-refractivity contribution in [3.05, 3.63) is 47.8 Å². The fourth-order valence-electron chi connectivity index (χ4n) is 3.19. The number of nitrogens with one attached hydrogen (secondary N) is 2. The van der Waals surface area contributed by atoms with Crippen LogP contribution >= 0.6 is 0 Å². The molecule has 2 aliphatic rings. The number of hydrazine groups is 1. The summed E-state index contributed by atoms with van der Waals surface area (Å²) < 4.78 is 0. The van der Waals surface area contributed by atoms with Crippen LogP contribution in [0.2, 0.25) is 0 Å². The maximum Gasteiger partial charge on any atom is 0.145 e. The average Bonchev–Trinajstić information content (AvgIpc) is 2.91. The third kappa shape index (κ3) is 2.30. The number of hydrogen-bond acceptors (Lipinski definition) is 6. The van der Waals surface area contributed by atoms with Gasteiger partial charge in [-0.05, 0) is 18.2 Å². The van der Waals surface area contributed by atoms with Gasteiger partial charge in [-0.15, -0.1) is 0 Å². The van der Waals surface area contributed by atoms with E-state index in [2.05, 4.69) is 49.9 Å². The molecule has 0 bridgehead atoms. The molecule has 0 spiro atoms. The molecule has 6 heteroatoms. The predicted octanol–water partition coefficient (Wildman–Crippen LogP) is 1.25. The van der Waals surface area contributed by atoms with Crippen molar-refractivity contribution >= 4 is 11.6 Å². The van der Waals surface area contributed by atoms with Gasteiger partial charge in [0.05, 0.1) is 11.7 Å². The van der Waals surface area contributed by atoms with E-state index >= 15 is 0 Å². The fraction of sp³-hybridized carbons (Fsp3) is 0.375. The van der Waals surface area contributed by atoms with E-state index in [1.807, 2.05) is 19.3 Å². The minimum atomic E-state index is 0.103. The molecule has 1 saturated heterocycles. The van der Waals surface area contributed by atoms with E-state index in [1.165, 1.54) is 5.56 Å². The Morgan fingerprint density at radius 3 is 2.86 bits per heavy atom. The summed E-state index contributed by atoms with van der Waals surface area (Å²) in [6.45, 7) is 4.05. The number of fused-ring (bicyclic) bond motifs is 1. The number of rotatable bonds is 2. The van der Waals surface area contributed by atoms with Gasteiger partial charge < -0.3 is 15.6 Å². The van der Waals surface area contributed by atoms with Crippen LogP contribution in [-0.4, -0.2) is 48.2 Å². The number of piperazine rings is 1. The molecule has 0 amide bonds. The molecule has 2 aliphatic heterocycles. The summed E-state index contributed by atoms with van der Waals surface area (Å²) in [5.41, 5.74) is 5.53. The van der Waals surface area contributed by atoms with Crippen molar-refractivity contribution in [3.8, 4) is 0 Å². The van der Waals surface area contributed by atoms with Gasteiger partial charge in [-0.1, -0.05) is 12.1 Å². The molecule has 4 heterocycles. The van der Waals surface area contributed by atoms with Crippen LogP contribution in [0.15, 0.2) is 36.5 Å². The van der Waals surface area contributed by atoms with E-state index in [0.29, 0.717) is 0 Å². The van der Waals surface area contributed by atoms with E-state index in [9.17, 15) is 0 Å². The lowest BCUT2D eigenvalue weighted by Gasteiger charge is -2.29. The van der Waals surface area contributed by atoms with Crippen LogP contribution in [0.3, 0.4) is 0 Å². The van der Waals surface area contributed by atoms with Crippen molar-refractivity contribution in [3.63, 3.8) is 0 Å². The van der Waals surface area contributed by atoms with Gasteiger partial charge >= 0.3 is 0 Å². The SMILES string of the molecule is CN1Nc2ncccc2C1c1cccc(N2CCNCC2)n1. The average molecular weight is 296 g/mol. The van der Waals surface area contributed by atoms with Crippen molar-refractivity contribution in [2.45, 2.75) is 6.04 Å². The van der Waals surface area contributed by atoms with Crippen LogP contribution in [0.5, 0.6) is 0 Å². The maximum atomic E-state index is 4.92. The van der Waals surface area contributed by atoms with Crippen LogP contribution < -0.4 is 15.6 Å². The largest absolute Gasteiger partial charge is 0.354 e. The highest BCUT2D eigenvalue weighted by atomic mass is 15.5. The Balaban J connectivity index is 1.68. The second-order valence-corrected chi connectivity index (χ2v) is 5.72. The summed E-state index contributed by atoms with van der Waals surface area (Å²) in [6, 6.07) is 10.5. The van der Waals surface area contributed by atoms with Crippen molar-refractivity contribution in [1.29, 1.82) is 0 Å². The lowest BCUT2D eigenvalue weighted by molar-refractivity contribution is 0.356. The maximum absolute atomic E-state index is 4.92. The number of pyridine rings is 2. The smallest absolute Gasteiger partial charge is 0.145 e. The Hall–Kier alpha value is -2.18. The summed E-state index contributed by atoms with van der Waals surface area (Å²) in [5, 5.41) is 5.45. The first-order chi connectivity index (χ1) is 10.8. The van der Waals surface area contributed by atoms with Gasteiger partial charge in [-0.3, -0.25) is 0 Å². The Morgan fingerprint density at radius 1 is 1.14 bits per heavy atom. The summed E-state index contributed by atoms with van der Waals surface area (Å²) >= 11 is 0. The molecule has 2 aromatic rings. The van der Waals surface area contributed by atoms with Crippen molar-refractivity contribution in [1.82, 2.24) is 20.3 Å². The van der Waals surface area contributed by atoms with Gasteiger partial charge in [0.15, 0.2) is 0 Å². The van der Waals surface area contributed by atoms with Gasteiger partial charge in [0.2, 0.25) is 0 Å². The van der Waals surface area contributed by atoms with E-state index in [1.54, 1.807) is 0 Å². The second-order valence-electron chi connectivity index (χ2n) is 5.72. The Morgan fingerprint density at radius 2 is 2.00 bits per heavy atom. The summed E-state index contributed by atoms with van der Waals surface area (Å²) in [4.78, 5) is 11.7. The zero-order valence-electron chi connectivity index (χ0n) is 12.7. The Kier molecular flexibility index (Phi) is 3.40. The van der Waals surface area contributed by atoms with Gasteiger partial charge in [-0.2, -0.15) is 0 Å². The molecule has 114 valence electrons. The highest BCUT2D eigenvalue weighted by molar-refractivity contribution is 5.53. The lowest BCUT2D eigenvalue weighted by Crippen LogP contribution is -2.44. The van der Waals surface area contributed by atoms with Crippen LogP contribution in [0.4, 0.5) is 11.6 Å². The summed E-state index contributed by atoms with van der Waals surface area (Å²) in [5.74, 6) is 1.98. The van der Waals surface area contributed by atoms with E-state index in [4.69, 9.17) is 4.98 Å². The zero-order chi connectivity index (χ0) is 14.9. The van der Waals surface area contributed by atoms with Crippen molar-refractivity contribution < 1.29 is 0 Å². The fourth-order valence-corrected chi connectivity index (χ4v) is 3.19. The quantitative estimate of drug-likeness (QED) is 0.870. The van der Waals surface area contributed by atoms with Gasteiger partial charge in [-0.25, -0.2) is 15.0 Å². The molecular formula is C16H20N6. The Bertz CT molecular complexity index is 667.